The number of aromatic nitrogens is 2. The minimum Gasteiger partial charge on any atom is -0.388 e. The zero-order chi connectivity index (χ0) is 13.9. The van der Waals surface area contributed by atoms with Gasteiger partial charge in [0.25, 0.3) is 0 Å². The van der Waals surface area contributed by atoms with E-state index in [0.717, 1.165) is 45.2 Å². The fourth-order valence-corrected chi connectivity index (χ4v) is 2.91. The second-order valence-corrected chi connectivity index (χ2v) is 5.60. The summed E-state index contributed by atoms with van der Waals surface area (Å²) in [5.74, 6) is 0.903. The molecule has 0 amide bonds. The van der Waals surface area contributed by atoms with Gasteiger partial charge in [-0.25, -0.2) is 9.97 Å². The van der Waals surface area contributed by atoms with Crippen LogP contribution >= 0.6 is 12.2 Å². The highest BCUT2D eigenvalue weighted by atomic mass is 32.1. The summed E-state index contributed by atoms with van der Waals surface area (Å²) in [5, 5.41) is 0. The molecular weight excluding hydrogens is 274 g/mol. The fourth-order valence-electron chi connectivity index (χ4n) is 2.80. The third-order valence-electron chi connectivity index (χ3n) is 3.94. The average Bonchev–Trinajstić information content (AvgIpc) is 2.98. The van der Waals surface area contributed by atoms with Crippen molar-refractivity contribution >= 4 is 23.0 Å². The van der Waals surface area contributed by atoms with Crippen molar-refractivity contribution in [3.63, 3.8) is 0 Å². The maximum atomic E-state index is 5.53. The number of anilines is 1. The maximum Gasteiger partial charge on any atom is 0.147 e. The molecule has 20 heavy (non-hydrogen) atoms. The zero-order valence-electron chi connectivity index (χ0n) is 11.4. The summed E-state index contributed by atoms with van der Waals surface area (Å²) in [6, 6.07) is 0.593. The van der Waals surface area contributed by atoms with Gasteiger partial charge < -0.3 is 15.4 Å². The van der Waals surface area contributed by atoms with E-state index in [9.17, 15) is 0 Å². The molecule has 2 N–H and O–H groups in total. The molecule has 0 aromatic carbocycles. The van der Waals surface area contributed by atoms with Crippen LogP contribution in [0.4, 0.5) is 5.82 Å². The smallest absolute Gasteiger partial charge is 0.147 e. The third-order valence-corrected chi connectivity index (χ3v) is 4.15. The predicted octanol–water partition coefficient (Wildman–Crippen LogP) is 0.0217. The van der Waals surface area contributed by atoms with Crippen LogP contribution < -0.4 is 10.6 Å². The number of nitrogens with zero attached hydrogens (tertiary/aromatic N) is 4. The molecule has 1 atom stereocenters. The van der Waals surface area contributed by atoms with Crippen LogP contribution in [0.15, 0.2) is 12.4 Å². The first-order chi connectivity index (χ1) is 9.74. The quantitative estimate of drug-likeness (QED) is 0.788. The summed E-state index contributed by atoms with van der Waals surface area (Å²) in [5.41, 5.74) is 6.11. The molecule has 108 valence electrons. The summed E-state index contributed by atoms with van der Waals surface area (Å²) in [6.07, 6.45) is 4.58. The van der Waals surface area contributed by atoms with Crippen molar-refractivity contribution in [3.8, 4) is 0 Å². The second kappa shape index (κ2) is 5.99. The first-order valence-electron chi connectivity index (χ1n) is 6.92. The minimum atomic E-state index is 0.289. The van der Waals surface area contributed by atoms with Crippen LogP contribution in [0, 0.1) is 0 Å². The number of morpholine rings is 1. The van der Waals surface area contributed by atoms with E-state index >= 15 is 0 Å². The Kier molecular flexibility index (Phi) is 4.09. The maximum absolute atomic E-state index is 5.53. The normalized spacial score (nSPS) is 24.0. The molecule has 6 nitrogen and oxygen atoms in total. The van der Waals surface area contributed by atoms with E-state index in [-0.39, 0.29) is 4.99 Å². The SMILES string of the molecule is NC(=S)c1cnc(N2CCC(N3CCOCC3)C2)cn1. The lowest BCUT2D eigenvalue weighted by Crippen LogP contribution is -2.44. The van der Waals surface area contributed by atoms with Crippen LogP contribution in [-0.2, 0) is 4.74 Å². The van der Waals surface area contributed by atoms with E-state index in [1.165, 1.54) is 6.42 Å². The summed E-state index contributed by atoms with van der Waals surface area (Å²) >= 11 is 4.89. The Morgan fingerprint density at radius 2 is 2.05 bits per heavy atom. The van der Waals surface area contributed by atoms with E-state index in [2.05, 4.69) is 19.8 Å². The van der Waals surface area contributed by atoms with Crippen LogP contribution in [0.1, 0.15) is 12.1 Å². The number of nitrogens with two attached hydrogens (primary N) is 1. The molecule has 2 aliphatic heterocycles. The monoisotopic (exact) mass is 293 g/mol. The summed E-state index contributed by atoms with van der Waals surface area (Å²) < 4.78 is 5.40. The molecule has 1 unspecified atom stereocenters. The van der Waals surface area contributed by atoms with Crippen molar-refractivity contribution in [3.05, 3.63) is 18.1 Å². The molecule has 0 bridgehead atoms. The van der Waals surface area contributed by atoms with Gasteiger partial charge in [-0.2, -0.15) is 0 Å². The molecule has 0 radical (unpaired) electrons. The molecule has 3 rings (SSSR count). The highest BCUT2D eigenvalue weighted by molar-refractivity contribution is 7.80. The summed E-state index contributed by atoms with van der Waals surface area (Å²) in [4.78, 5) is 13.7. The molecule has 2 fully saturated rings. The van der Waals surface area contributed by atoms with Crippen LogP contribution in [0.3, 0.4) is 0 Å². The van der Waals surface area contributed by atoms with Gasteiger partial charge in [-0.1, -0.05) is 12.2 Å². The molecule has 2 aliphatic rings. The average molecular weight is 293 g/mol. The molecule has 0 saturated carbocycles. The number of hydrogen-bond acceptors (Lipinski definition) is 6. The fraction of sp³-hybridized carbons (Fsp3) is 0.615. The molecule has 1 aromatic rings. The number of hydrogen-bond donors (Lipinski definition) is 1. The van der Waals surface area contributed by atoms with E-state index in [4.69, 9.17) is 22.7 Å². The van der Waals surface area contributed by atoms with Crippen LogP contribution in [-0.4, -0.2) is 65.3 Å². The van der Waals surface area contributed by atoms with Gasteiger partial charge in [-0.15, -0.1) is 0 Å². The number of ether oxygens (including phenoxy) is 1. The summed E-state index contributed by atoms with van der Waals surface area (Å²) in [7, 11) is 0. The Balaban J connectivity index is 1.62. The first kappa shape index (κ1) is 13.7. The second-order valence-electron chi connectivity index (χ2n) is 5.16. The van der Waals surface area contributed by atoms with Gasteiger partial charge >= 0.3 is 0 Å². The van der Waals surface area contributed by atoms with Crippen LogP contribution in [0.2, 0.25) is 0 Å². The molecular formula is C13H19N5OS. The van der Waals surface area contributed by atoms with Crippen molar-refractivity contribution in [2.45, 2.75) is 12.5 Å². The zero-order valence-corrected chi connectivity index (χ0v) is 12.2. The van der Waals surface area contributed by atoms with Crippen LogP contribution in [0.5, 0.6) is 0 Å². The standard InChI is InChI=1S/C13H19N5OS/c14-13(20)11-7-16-12(8-15-11)18-2-1-10(9-18)17-3-5-19-6-4-17/h7-8,10H,1-6,9H2,(H2,14,20). The van der Waals surface area contributed by atoms with E-state index in [1.807, 2.05) is 0 Å². The minimum absolute atomic E-state index is 0.289. The molecule has 2 saturated heterocycles. The lowest BCUT2D eigenvalue weighted by molar-refractivity contribution is 0.0209. The Bertz CT molecular complexity index is 474. The van der Waals surface area contributed by atoms with Gasteiger partial charge in [0.2, 0.25) is 0 Å². The Morgan fingerprint density at radius 3 is 2.70 bits per heavy atom. The van der Waals surface area contributed by atoms with E-state index in [0.29, 0.717) is 11.7 Å². The van der Waals surface area contributed by atoms with Gasteiger partial charge in [0.05, 0.1) is 25.6 Å². The highest BCUT2D eigenvalue weighted by Gasteiger charge is 2.29. The van der Waals surface area contributed by atoms with E-state index < -0.39 is 0 Å². The van der Waals surface area contributed by atoms with Gasteiger partial charge in [-0.3, -0.25) is 4.90 Å². The lowest BCUT2D eigenvalue weighted by atomic mass is 10.2. The van der Waals surface area contributed by atoms with Gasteiger partial charge in [-0.05, 0) is 6.42 Å². The lowest BCUT2D eigenvalue weighted by Gasteiger charge is -2.32. The highest BCUT2D eigenvalue weighted by Crippen LogP contribution is 2.21. The van der Waals surface area contributed by atoms with Gasteiger partial charge in [0.15, 0.2) is 0 Å². The molecule has 0 spiro atoms. The van der Waals surface area contributed by atoms with Gasteiger partial charge in [0, 0.05) is 32.2 Å². The summed E-state index contributed by atoms with van der Waals surface area (Å²) in [6.45, 7) is 5.78. The van der Waals surface area contributed by atoms with Crippen molar-refractivity contribution in [1.82, 2.24) is 14.9 Å². The van der Waals surface area contributed by atoms with Crippen molar-refractivity contribution < 1.29 is 4.74 Å². The molecule has 3 heterocycles. The Labute approximate surface area is 123 Å². The Morgan fingerprint density at radius 1 is 1.25 bits per heavy atom. The topological polar surface area (TPSA) is 67.5 Å². The molecule has 7 heteroatoms. The van der Waals surface area contributed by atoms with Crippen molar-refractivity contribution in [2.24, 2.45) is 5.73 Å². The Hall–Kier alpha value is -1.31. The first-order valence-corrected chi connectivity index (χ1v) is 7.33. The largest absolute Gasteiger partial charge is 0.388 e. The van der Waals surface area contributed by atoms with Gasteiger partial charge in [0.1, 0.15) is 16.5 Å². The molecule has 0 aliphatic carbocycles. The third kappa shape index (κ3) is 2.89. The van der Waals surface area contributed by atoms with E-state index in [1.54, 1.807) is 12.4 Å². The number of rotatable bonds is 3. The van der Waals surface area contributed by atoms with Crippen molar-refractivity contribution in [2.75, 3.05) is 44.3 Å². The van der Waals surface area contributed by atoms with Crippen LogP contribution in [0.25, 0.3) is 0 Å². The molecule has 1 aromatic heterocycles. The predicted molar refractivity (Wildman–Crippen MR) is 80.9 cm³/mol. The number of thiocarbonyl (C=S) groups is 1. The van der Waals surface area contributed by atoms with Crippen molar-refractivity contribution in [1.29, 1.82) is 0 Å².